The number of aromatic nitrogens is 2. The SMILES string of the molecule is Cn1cc(CN2CC3C(C(=O)O)NC(C(C(F)(F)F)C(F)(F)F)C3C2)c(-c2ccccc2Cl)n1. The van der Waals surface area contributed by atoms with Gasteiger partial charge in [0.05, 0.1) is 10.7 Å². The summed E-state index contributed by atoms with van der Waals surface area (Å²) >= 11 is 6.28. The first-order valence-electron chi connectivity index (χ1n) is 10.4. The molecule has 4 atom stereocenters. The van der Waals surface area contributed by atoms with Gasteiger partial charge >= 0.3 is 18.3 Å². The Morgan fingerprint density at radius 1 is 1.18 bits per heavy atom. The van der Waals surface area contributed by atoms with E-state index >= 15 is 0 Å². The van der Waals surface area contributed by atoms with Gasteiger partial charge in [0.15, 0.2) is 5.92 Å². The zero-order chi connectivity index (χ0) is 25.0. The van der Waals surface area contributed by atoms with E-state index in [-0.39, 0.29) is 19.6 Å². The standard InChI is InChI=1S/C21H21ClF6N4O2/c1-31-6-10(15(30-31)11-4-2-3-5-14(11)22)7-32-8-12-13(9-32)17(19(33)34)29-16(12)18(20(23,24)25)21(26,27)28/h2-6,12-13,16-18,29H,7-9H2,1H3,(H,33,34). The number of carboxylic acid groups (broad SMARTS) is 1. The number of fused-ring (bicyclic) bond motifs is 1. The maximum Gasteiger partial charge on any atom is 0.402 e. The number of rotatable bonds is 5. The third kappa shape index (κ3) is 4.63. The molecule has 0 saturated carbocycles. The summed E-state index contributed by atoms with van der Waals surface area (Å²) in [5, 5.41) is 16.5. The summed E-state index contributed by atoms with van der Waals surface area (Å²) in [5.74, 6) is -7.18. The Morgan fingerprint density at radius 2 is 1.79 bits per heavy atom. The fourth-order valence-corrected chi connectivity index (χ4v) is 5.45. The van der Waals surface area contributed by atoms with Gasteiger partial charge in [0.1, 0.15) is 6.04 Å². The van der Waals surface area contributed by atoms with Crippen molar-refractivity contribution in [2.45, 2.75) is 31.0 Å². The van der Waals surface area contributed by atoms with Crippen molar-refractivity contribution in [2.24, 2.45) is 24.8 Å². The number of hydrogen-bond donors (Lipinski definition) is 2. The average Bonchev–Trinajstić information content (AvgIpc) is 3.34. The summed E-state index contributed by atoms with van der Waals surface area (Å²) in [6, 6.07) is 3.34. The van der Waals surface area contributed by atoms with E-state index in [9.17, 15) is 36.2 Å². The quantitative estimate of drug-likeness (QED) is 0.596. The van der Waals surface area contributed by atoms with Crippen LogP contribution in [0.25, 0.3) is 11.3 Å². The molecule has 0 spiro atoms. The molecule has 2 aromatic rings. The molecule has 186 valence electrons. The van der Waals surface area contributed by atoms with Gasteiger partial charge in [-0.3, -0.25) is 14.4 Å². The lowest BCUT2D eigenvalue weighted by Gasteiger charge is -2.32. The zero-order valence-corrected chi connectivity index (χ0v) is 18.5. The van der Waals surface area contributed by atoms with Crippen LogP contribution < -0.4 is 5.32 Å². The van der Waals surface area contributed by atoms with E-state index in [1.54, 1.807) is 47.1 Å². The number of aryl methyl sites for hydroxylation is 1. The van der Waals surface area contributed by atoms with Crippen LogP contribution in [0.5, 0.6) is 0 Å². The van der Waals surface area contributed by atoms with Crippen LogP contribution in [-0.4, -0.2) is 63.3 Å². The van der Waals surface area contributed by atoms with Crippen molar-refractivity contribution in [3.8, 4) is 11.3 Å². The normalized spacial score (nSPS) is 25.8. The molecular formula is C21H21ClF6N4O2. The second kappa shape index (κ2) is 8.72. The lowest BCUT2D eigenvalue weighted by atomic mass is 9.84. The zero-order valence-electron chi connectivity index (χ0n) is 17.7. The molecule has 4 rings (SSSR count). The molecule has 4 unspecified atom stereocenters. The highest BCUT2D eigenvalue weighted by atomic mass is 35.5. The molecule has 2 aliphatic heterocycles. The Labute approximate surface area is 195 Å². The molecule has 34 heavy (non-hydrogen) atoms. The van der Waals surface area contributed by atoms with Crippen LogP contribution in [0.3, 0.4) is 0 Å². The van der Waals surface area contributed by atoms with E-state index in [4.69, 9.17) is 11.6 Å². The highest BCUT2D eigenvalue weighted by Gasteiger charge is 2.66. The topological polar surface area (TPSA) is 70.4 Å². The van der Waals surface area contributed by atoms with Gasteiger partial charge in [-0.2, -0.15) is 31.4 Å². The number of nitrogens with one attached hydrogen (secondary N) is 1. The van der Waals surface area contributed by atoms with Crippen molar-refractivity contribution in [1.82, 2.24) is 20.0 Å². The van der Waals surface area contributed by atoms with Gasteiger partial charge in [0.25, 0.3) is 0 Å². The van der Waals surface area contributed by atoms with Crippen molar-refractivity contribution >= 4 is 17.6 Å². The number of carboxylic acids is 1. The largest absolute Gasteiger partial charge is 0.480 e. The first-order chi connectivity index (χ1) is 15.8. The predicted octanol–water partition coefficient (Wildman–Crippen LogP) is 3.95. The first-order valence-corrected chi connectivity index (χ1v) is 10.8. The van der Waals surface area contributed by atoms with Gasteiger partial charge in [-0.25, -0.2) is 0 Å². The molecule has 0 amide bonds. The molecule has 13 heteroatoms. The fraction of sp³-hybridized carbons (Fsp3) is 0.524. The van der Waals surface area contributed by atoms with Crippen LogP contribution in [0.4, 0.5) is 26.3 Å². The van der Waals surface area contributed by atoms with Crippen molar-refractivity contribution in [1.29, 1.82) is 0 Å². The van der Waals surface area contributed by atoms with Gasteiger partial charge in [0, 0.05) is 56.0 Å². The van der Waals surface area contributed by atoms with Crippen LogP contribution in [0, 0.1) is 17.8 Å². The number of benzene rings is 1. The molecule has 6 nitrogen and oxygen atoms in total. The Kier molecular flexibility index (Phi) is 6.36. The molecular weight excluding hydrogens is 490 g/mol. The summed E-state index contributed by atoms with van der Waals surface area (Å²) in [7, 11) is 1.68. The second-order valence-corrected chi connectivity index (χ2v) is 9.15. The van der Waals surface area contributed by atoms with Crippen LogP contribution in [-0.2, 0) is 18.4 Å². The Balaban J connectivity index is 1.62. The fourth-order valence-electron chi connectivity index (χ4n) is 5.22. The lowest BCUT2D eigenvalue weighted by Crippen LogP contribution is -2.53. The van der Waals surface area contributed by atoms with E-state index < -0.39 is 48.2 Å². The molecule has 2 N–H and O–H groups in total. The van der Waals surface area contributed by atoms with Gasteiger partial charge in [-0.1, -0.05) is 29.8 Å². The molecule has 0 bridgehead atoms. The van der Waals surface area contributed by atoms with E-state index in [0.717, 1.165) is 0 Å². The van der Waals surface area contributed by atoms with Crippen molar-refractivity contribution in [3.05, 3.63) is 41.0 Å². The summed E-state index contributed by atoms with van der Waals surface area (Å²) in [6.07, 6.45) is -9.44. The molecule has 1 aromatic carbocycles. The Bertz CT molecular complexity index is 1060. The van der Waals surface area contributed by atoms with Crippen molar-refractivity contribution < 1.29 is 36.2 Å². The Hall–Kier alpha value is -2.31. The number of halogens is 7. The third-order valence-electron chi connectivity index (χ3n) is 6.51. The highest BCUT2D eigenvalue weighted by Crippen LogP contribution is 2.48. The number of hydrogen-bond acceptors (Lipinski definition) is 4. The predicted molar refractivity (Wildman–Crippen MR) is 110 cm³/mol. The minimum atomic E-state index is -5.57. The average molecular weight is 511 g/mol. The van der Waals surface area contributed by atoms with E-state index in [2.05, 4.69) is 10.4 Å². The van der Waals surface area contributed by atoms with E-state index in [1.807, 2.05) is 0 Å². The summed E-state index contributed by atoms with van der Waals surface area (Å²) in [4.78, 5) is 13.4. The van der Waals surface area contributed by atoms with Crippen molar-refractivity contribution in [3.63, 3.8) is 0 Å². The van der Waals surface area contributed by atoms with Gasteiger partial charge < -0.3 is 10.4 Å². The number of carbonyl (C=O) groups is 1. The van der Waals surface area contributed by atoms with E-state index in [1.165, 1.54) is 0 Å². The van der Waals surface area contributed by atoms with Crippen LogP contribution >= 0.6 is 11.6 Å². The highest BCUT2D eigenvalue weighted by molar-refractivity contribution is 6.33. The van der Waals surface area contributed by atoms with Gasteiger partial charge in [-0.05, 0) is 12.0 Å². The monoisotopic (exact) mass is 510 g/mol. The molecule has 2 fully saturated rings. The molecule has 1 aromatic heterocycles. The molecule has 3 heterocycles. The van der Waals surface area contributed by atoms with Crippen LogP contribution in [0.1, 0.15) is 5.56 Å². The summed E-state index contributed by atoms with van der Waals surface area (Å²) in [5.41, 5.74) is 1.85. The van der Waals surface area contributed by atoms with Gasteiger partial charge in [0.2, 0.25) is 0 Å². The van der Waals surface area contributed by atoms with Crippen LogP contribution in [0.2, 0.25) is 5.02 Å². The number of nitrogens with zero attached hydrogens (tertiary/aromatic N) is 3. The Morgan fingerprint density at radius 3 is 2.38 bits per heavy atom. The molecule has 2 aliphatic rings. The number of aliphatic carboxylic acids is 1. The lowest BCUT2D eigenvalue weighted by molar-refractivity contribution is -0.293. The molecule has 0 radical (unpaired) electrons. The van der Waals surface area contributed by atoms with Crippen LogP contribution in [0.15, 0.2) is 30.5 Å². The number of alkyl halides is 6. The third-order valence-corrected chi connectivity index (χ3v) is 6.84. The van der Waals surface area contributed by atoms with Crippen molar-refractivity contribution in [2.75, 3.05) is 13.1 Å². The molecule has 2 saturated heterocycles. The van der Waals surface area contributed by atoms with Gasteiger partial charge in [-0.15, -0.1) is 0 Å². The minimum absolute atomic E-state index is 0.0322. The summed E-state index contributed by atoms with van der Waals surface area (Å²) < 4.78 is 82.1. The first kappa shape index (κ1) is 24.8. The second-order valence-electron chi connectivity index (χ2n) is 8.75. The maximum atomic E-state index is 13.4. The minimum Gasteiger partial charge on any atom is -0.480 e. The maximum absolute atomic E-state index is 13.4. The van der Waals surface area contributed by atoms with E-state index in [0.29, 0.717) is 21.8 Å². The summed E-state index contributed by atoms with van der Waals surface area (Å²) in [6.45, 7) is 0.0826. The molecule has 0 aliphatic carbocycles. The smallest absolute Gasteiger partial charge is 0.402 e. The number of likely N-dealkylation sites (tertiary alicyclic amines) is 1.